The Morgan fingerprint density at radius 2 is 1.84 bits per heavy atom. The third-order valence-electron chi connectivity index (χ3n) is 3.15. The number of nitrogens with one attached hydrogen (secondary N) is 2. The molecule has 2 aromatic rings. The molecule has 0 saturated carbocycles. The second kappa shape index (κ2) is 8.55. The first-order valence-corrected chi connectivity index (χ1v) is 8.04. The summed E-state index contributed by atoms with van der Waals surface area (Å²) < 4.78 is 5.17. The van der Waals surface area contributed by atoms with Gasteiger partial charge >= 0.3 is 0 Å². The second-order valence-corrected chi connectivity index (χ2v) is 5.93. The SMILES string of the molecule is COc1ccc(NC(=O)/C=C/c2cc(Cl)ccc2Cl)cc1NC(C)=O. The average Bonchev–Trinajstić information content (AvgIpc) is 2.55. The number of anilines is 2. The van der Waals surface area contributed by atoms with Crippen molar-refractivity contribution >= 4 is 52.5 Å². The van der Waals surface area contributed by atoms with E-state index in [0.29, 0.717) is 32.7 Å². The van der Waals surface area contributed by atoms with Crippen LogP contribution in [0.5, 0.6) is 5.75 Å². The Morgan fingerprint density at radius 3 is 2.52 bits per heavy atom. The summed E-state index contributed by atoms with van der Waals surface area (Å²) >= 11 is 12.0. The van der Waals surface area contributed by atoms with Crippen LogP contribution >= 0.6 is 23.2 Å². The molecule has 0 aliphatic heterocycles. The van der Waals surface area contributed by atoms with E-state index < -0.39 is 0 Å². The normalized spacial score (nSPS) is 10.6. The lowest BCUT2D eigenvalue weighted by molar-refractivity contribution is -0.114. The maximum Gasteiger partial charge on any atom is 0.248 e. The molecule has 0 radical (unpaired) electrons. The molecule has 7 heteroatoms. The van der Waals surface area contributed by atoms with Gasteiger partial charge in [0.25, 0.3) is 0 Å². The molecule has 2 amide bonds. The highest BCUT2D eigenvalue weighted by Gasteiger charge is 2.07. The molecule has 0 fully saturated rings. The number of hydrogen-bond acceptors (Lipinski definition) is 3. The van der Waals surface area contributed by atoms with Gasteiger partial charge in [-0.2, -0.15) is 0 Å². The van der Waals surface area contributed by atoms with Gasteiger partial charge < -0.3 is 15.4 Å². The fourth-order valence-electron chi connectivity index (χ4n) is 2.06. The van der Waals surface area contributed by atoms with Crippen molar-refractivity contribution in [1.29, 1.82) is 0 Å². The average molecular weight is 379 g/mol. The topological polar surface area (TPSA) is 67.4 Å². The number of benzene rings is 2. The molecule has 0 unspecified atom stereocenters. The first kappa shape index (κ1) is 18.8. The van der Waals surface area contributed by atoms with E-state index in [1.165, 1.54) is 20.1 Å². The summed E-state index contributed by atoms with van der Waals surface area (Å²) in [5.41, 5.74) is 1.61. The van der Waals surface area contributed by atoms with Crippen LogP contribution in [0.2, 0.25) is 10.0 Å². The fraction of sp³-hybridized carbons (Fsp3) is 0.111. The Hall–Kier alpha value is -2.50. The molecule has 0 heterocycles. The first-order chi connectivity index (χ1) is 11.9. The summed E-state index contributed by atoms with van der Waals surface area (Å²) in [4.78, 5) is 23.3. The van der Waals surface area contributed by atoms with Crippen molar-refractivity contribution in [1.82, 2.24) is 0 Å². The zero-order valence-electron chi connectivity index (χ0n) is 13.6. The summed E-state index contributed by atoms with van der Waals surface area (Å²) in [5, 5.41) is 6.37. The van der Waals surface area contributed by atoms with Crippen LogP contribution in [-0.2, 0) is 9.59 Å². The van der Waals surface area contributed by atoms with Gasteiger partial charge in [0.15, 0.2) is 0 Å². The van der Waals surface area contributed by atoms with E-state index >= 15 is 0 Å². The fourth-order valence-corrected chi connectivity index (χ4v) is 2.43. The molecule has 0 aromatic heterocycles. The van der Waals surface area contributed by atoms with Crippen LogP contribution in [0, 0.1) is 0 Å². The van der Waals surface area contributed by atoms with Crippen LogP contribution in [0.3, 0.4) is 0 Å². The number of rotatable bonds is 5. The summed E-state index contributed by atoms with van der Waals surface area (Å²) in [6.45, 7) is 1.39. The third-order valence-corrected chi connectivity index (χ3v) is 3.73. The van der Waals surface area contributed by atoms with Crippen molar-refractivity contribution in [2.45, 2.75) is 6.92 Å². The lowest BCUT2D eigenvalue weighted by Gasteiger charge is -2.11. The Bertz CT molecular complexity index is 835. The van der Waals surface area contributed by atoms with Crippen molar-refractivity contribution < 1.29 is 14.3 Å². The number of halogens is 2. The Balaban J connectivity index is 2.13. The summed E-state index contributed by atoms with van der Waals surface area (Å²) in [7, 11) is 1.50. The smallest absolute Gasteiger partial charge is 0.248 e. The van der Waals surface area contributed by atoms with Crippen LogP contribution < -0.4 is 15.4 Å². The number of methoxy groups -OCH3 is 1. The molecule has 5 nitrogen and oxygen atoms in total. The zero-order chi connectivity index (χ0) is 18.4. The maximum absolute atomic E-state index is 12.1. The predicted octanol–water partition coefficient (Wildman–Crippen LogP) is 4.61. The highest BCUT2D eigenvalue weighted by molar-refractivity contribution is 6.34. The highest BCUT2D eigenvalue weighted by atomic mass is 35.5. The molecule has 0 spiro atoms. The molecular formula is C18H16Cl2N2O3. The van der Waals surface area contributed by atoms with Gasteiger partial charge in [0.1, 0.15) is 5.75 Å². The van der Waals surface area contributed by atoms with E-state index in [-0.39, 0.29) is 11.8 Å². The summed E-state index contributed by atoms with van der Waals surface area (Å²) in [5.74, 6) is -0.0956. The van der Waals surface area contributed by atoms with Gasteiger partial charge in [-0.05, 0) is 48.0 Å². The molecule has 2 rings (SSSR count). The van der Waals surface area contributed by atoms with Crippen LogP contribution in [-0.4, -0.2) is 18.9 Å². The molecule has 0 bridgehead atoms. The van der Waals surface area contributed by atoms with Gasteiger partial charge in [-0.1, -0.05) is 23.2 Å². The number of carbonyl (C=O) groups excluding carboxylic acids is 2. The van der Waals surface area contributed by atoms with E-state index in [4.69, 9.17) is 27.9 Å². The van der Waals surface area contributed by atoms with Crippen molar-refractivity contribution in [3.05, 3.63) is 58.1 Å². The molecule has 2 N–H and O–H groups in total. The minimum absolute atomic E-state index is 0.239. The van der Waals surface area contributed by atoms with Gasteiger partial charge in [0, 0.05) is 28.7 Å². The monoisotopic (exact) mass is 378 g/mol. The van der Waals surface area contributed by atoms with Crippen molar-refractivity contribution in [3.8, 4) is 5.75 Å². The van der Waals surface area contributed by atoms with Gasteiger partial charge in [-0.15, -0.1) is 0 Å². The lowest BCUT2D eigenvalue weighted by atomic mass is 10.2. The number of ether oxygens (including phenoxy) is 1. The van der Waals surface area contributed by atoms with Crippen LogP contribution in [0.15, 0.2) is 42.5 Å². The van der Waals surface area contributed by atoms with Gasteiger partial charge in [-0.3, -0.25) is 9.59 Å². The Kier molecular flexibility index (Phi) is 6.44. The largest absolute Gasteiger partial charge is 0.495 e. The third kappa shape index (κ3) is 5.52. The Morgan fingerprint density at radius 1 is 1.08 bits per heavy atom. The molecule has 25 heavy (non-hydrogen) atoms. The molecule has 2 aromatic carbocycles. The second-order valence-electron chi connectivity index (χ2n) is 5.08. The molecule has 0 saturated heterocycles. The number of hydrogen-bond donors (Lipinski definition) is 2. The van der Waals surface area contributed by atoms with E-state index in [9.17, 15) is 9.59 Å². The minimum Gasteiger partial charge on any atom is -0.495 e. The van der Waals surface area contributed by atoms with Crippen LogP contribution in [0.4, 0.5) is 11.4 Å². The highest BCUT2D eigenvalue weighted by Crippen LogP contribution is 2.28. The van der Waals surface area contributed by atoms with Crippen molar-refractivity contribution in [3.63, 3.8) is 0 Å². The Labute approximate surface area is 155 Å². The van der Waals surface area contributed by atoms with E-state index in [1.54, 1.807) is 42.5 Å². The van der Waals surface area contributed by atoms with Crippen molar-refractivity contribution in [2.75, 3.05) is 17.7 Å². The molecule has 0 atom stereocenters. The molecule has 0 aliphatic carbocycles. The van der Waals surface area contributed by atoms with Crippen molar-refractivity contribution in [2.24, 2.45) is 0 Å². The number of carbonyl (C=O) groups is 2. The first-order valence-electron chi connectivity index (χ1n) is 7.29. The summed E-state index contributed by atoms with van der Waals surface area (Å²) in [6.07, 6.45) is 2.92. The lowest BCUT2D eigenvalue weighted by Crippen LogP contribution is -2.10. The number of amides is 2. The molecule has 0 aliphatic rings. The molecular weight excluding hydrogens is 363 g/mol. The van der Waals surface area contributed by atoms with Crippen LogP contribution in [0.25, 0.3) is 6.08 Å². The van der Waals surface area contributed by atoms with Gasteiger partial charge in [0.2, 0.25) is 11.8 Å². The van der Waals surface area contributed by atoms with E-state index in [0.717, 1.165) is 0 Å². The standard InChI is InChI=1S/C18H16Cl2N2O3/c1-11(23)21-16-10-14(5-7-17(16)25-2)22-18(24)8-3-12-9-13(19)4-6-15(12)20/h3-10H,1-2H3,(H,21,23)(H,22,24)/b8-3+. The predicted molar refractivity (Wildman–Crippen MR) is 101 cm³/mol. The zero-order valence-corrected chi connectivity index (χ0v) is 15.1. The molecule has 130 valence electrons. The van der Waals surface area contributed by atoms with E-state index in [2.05, 4.69) is 10.6 Å². The summed E-state index contributed by atoms with van der Waals surface area (Å²) in [6, 6.07) is 9.92. The van der Waals surface area contributed by atoms with E-state index in [1.807, 2.05) is 0 Å². The quantitative estimate of drug-likeness (QED) is 0.746. The van der Waals surface area contributed by atoms with Crippen LogP contribution in [0.1, 0.15) is 12.5 Å². The minimum atomic E-state index is -0.352. The maximum atomic E-state index is 12.1. The van der Waals surface area contributed by atoms with Gasteiger partial charge in [0.05, 0.1) is 12.8 Å². The van der Waals surface area contributed by atoms with Gasteiger partial charge in [-0.25, -0.2) is 0 Å².